The van der Waals surface area contributed by atoms with Crippen LogP contribution >= 0.6 is 23.2 Å². The summed E-state index contributed by atoms with van der Waals surface area (Å²) in [6.07, 6.45) is 1.08. The summed E-state index contributed by atoms with van der Waals surface area (Å²) in [5, 5.41) is 13.3. The van der Waals surface area contributed by atoms with Gasteiger partial charge in [-0.1, -0.05) is 30.1 Å². The number of benzene rings is 2. The topological polar surface area (TPSA) is 97.2 Å². The monoisotopic (exact) mass is 424 g/mol. The maximum Gasteiger partial charge on any atom is 0.341 e. The van der Waals surface area contributed by atoms with Crippen LogP contribution in [0.5, 0.6) is 11.5 Å². The van der Waals surface area contributed by atoms with Crippen LogP contribution in [0.15, 0.2) is 47.6 Å². The summed E-state index contributed by atoms with van der Waals surface area (Å²) in [5.74, 6) is -0.705. The molecule has 7 nitrogen and oxygen atoms in total. The number of nitrogens with zero attached hydrogens (tertiary/aromatic N) is 1. The Labute approximate surface area is 171 Å². The first-order valence-corrected chi connectivity index (χ1v) is 9.04. The zero-order valence-corrected chi connectivity index (χ0v) is 16.4. The van der Waals surface area contributed by atoms with E-state index in [1.54, 1.807) is 43.3 Å². The van der Waals surface area contributed by atoms with Crippen molar-refractivity contribution in [2.75, 3.05) is 6.61 Å². The first-order valence-electron chi connectivity index (χ1n) is 8.28. The van der Waals surface area contributed by atoms with Crippen molar-refractivity contribution >= 4 is 41.3 Å². The quantitative estimate of drug-likeness (QED) is 0.471. The molecule has 0 saturated heterocycles. The van der Waals surface area contributed by atoms with Crippen molar-refractivity contribution in [2.24, 2.45) is 5.10 Å². The van der Waals surface area contributed by atoms with E-state index in [0.717, 1.165) is 0 Å². The molecule has 2 N–H and O–H groups in total. The summed E-state index contributed by atoms with van der Waals surface area (Å²) in [4.78, 5) is 22.7. The molecule has 0 heterocycles. The van der Waals surface area contributed by atoms with Gasteiger partial charge in [0.1, 0.15) is 11.5 Å². The fourth-order valence-corrected chi connectivity index (χ4v) is 2.54. The normalized spacial score (nSPS) is 11.8. The number of hydrazone groups is 1. The summed E-state index contributed by atoms with van der Waals surface area (Å²) < 4.78 is 10.7. The Bertz CT molecular complexity index is 856. The van der Waals surface area contributed by atoms with Crippen LogP contribution in [0, 0.1) is 0 Å². The Kier molecular flexibility index (Phi) is 8.10. The number of carbonyl (C=O) groups is 2. The summed E-state index contributed by atoms with van der Waals surface area (Å²) in [5.41, 5.74) is 3.11. The minimum atomic E-state index is -1.05. The molecule has 0 aliphatic rings. The van der Waals surface area contributed by atoms with Crippen LogP contribution in [0.25, 0.3) is 0 Å². The van der Waals surface area contributed by atoms with Gasteiger partial charge in [0.05, 0.1) is 11.2 Å². The fourth-order valence-electron chi connectivity index (χ4n) is 2.08. The van der Waals surface area contributed by atoms with E-state index >= 15 is 0 Å². The van der Waals surface area contributed by atoms with E-state index < -0.39 is 24.6 Å². The molecular weight excluding hydrogens is 407 g/mol. The SMILES string of the molecule is CCC(Oc1ccc(Cl)cc1Cl)C(=O)N/N=C/c1ccc(OCC(=O)O)cc1. The molecule has 0 bridgehead atoms. The predicted molar refractivity (Wildman–Crippen MR) is 106 cm³/mol. The largest absolute Gasteiger partial charge is 0.482 e. The van der Waals surface area contributed by atoms with Crippen molar-refractivity contribution < 1.29 is 24.2 Å². The van der Waals surface area contributed by atoms with E-state index in [4.69, 9.17) is 37.8 Å². The molecule has 1 unspecified atom stereocenters. The van der Waals surface area contributed by atoms with Gasteiger partial charge < -0.3 is 14.6 Å². The third-order valence-corrected chi connectivity index (χ3v) is 3.99. The summed E-state index contributed by atoms with van der Waals surface area (Å²) in [6.45, 7) is 1.38. The molecule has 0 aromatic heterocycles. The van der Waals surface area contributed by atoms with Crippen molar-refractivity contribution in [1.82, 2.24) is 5.43 Å². The summed E-state index contributed by atoms with van der Waals surface area (Å²) in [6, 6.07) is 11.3. The summed E-state index contributed by atoms with van der Waals surface area (Å²) in [7, 11) is 0. The zero-order valence-electron chi connectivity index (χ0n) is 14.9. The number of aliphatic carboxylic acids is 1. The lowest BCUT2D eigenvalue weighted by molar-refractivity contribution is -0.139. The molecule has 9 heteroatoms. The van der Waals surface area contributed by atoms with Gasteiger partial charge in [0.2, 0.25) is 0 Å². The highest BCUT2D eigenvalue weighted by Gasteiger charge is 2.19. The number of amides is 1. The molecule has 28 heavy (non-hydrogen) atoms. The van der Waals surface area contributed by atoms with Gasteiger partial charge in [-0.2, -0.15) is 5.10 Å². The molecule has 2 rings (SSSR count). The van der Waals surface area contributed by atoms with Gasteiger partial charge in [-0.25, -0.2) is 10.2 Å². The van der Waals surface area contributed by atoms with Crippen LogP contribution in [0.2, 0.25) is 10.0 Å². The zero-order chi connectivity index (χ0) is 20.5. The molecule has 148 valence electrons. The lowest BCUT2D eigenvalue weighted by atomic mass is 10.2. The van der Waals surface area contributed by atoms with Crippen LogP contribution in [-0.4, -0.2) is 35.9 Å². The number of carbonyl (C=O) groups excluding carboxylic acids is 1. The molecule has 2 aromatic carbocycles. The Morgan fingerprint density at radius 1 is 1.21 bits per heavy atom. The highest BCUT2D eigenvalue weighted by Crippen LogP contribution is 2.28. The second-order valence-corrected chi connectivity index (χ2v) is 6.42. The number of ether oxygens (including phenoxy) is 2. The van der Waals surface area contributed by atoms with Gasteiger partial charge in [0, 0.05) is 5.02 Å². The van der Waals surface area contributed by atoms with Crippen LogP contribution in [0.4, 0.5) is 0 Å². The number of carboxylic acids is 1. The van der Waals surface area contributed by atoms with Gasteiger partial charge in [-0.05, 0) is 54.4 Å². The van der Waals surface area contributed by atoms with Crippen molar-refractivity contribution in [1.29, 1.82) is 0 Å². The maximum absolute atomic E-state index is 12.3. The molecule has 0 saturated carbocycles. The smallest absolute Gasteiger partial charge is 0.341 e. The molecule has 1 atom stereocenters. The van der Waals surface area contributed by atoms with Crippen molar-refractivity contribution in [3.8, 4) is 11.5 Å². The third kappa shape index (κ3) is 6.75. The van der Waals surface area contributed by atoms with Gasteiger partial charge in [-0.3, -0.25) is 4.79 Å². The van der Waals surface area contributed by atoms with Crippen LogP contribution in [0.3, 0.4) is 0 Å². The molecule has 0 fully saturated rings. The van der Waals surface area contributed by atoms with E-state index in [2.05, 4.69) is 10.5 Å². The van der Waals surface area contributed by atoms with Crippen LogP contribution in [0.1, 0.15) is 18.9 Å². The first kappa shape index (κ1) is 21.5. The highest BCUT2D eigenvalue weighted by atomic mass is 35.5. The van der Waals surface area contributed by atoms with Crippen LogP contribution < -0.4 is 14.9 Å². The Hall–Kier alpha value is -2.77. The number of halogens is 2. The molecule has 0 spiro atoms. The number of carboxylic acid groups (broad SMARTS) is 1. The maximum atomic E-state index is 12.3. The average Bonchev–Trinajstić information content (AvgIpc) is 2.66. The molecule has 2 aromatic rings. The van der Waals surface area contributed by atoms with Crippen LogP contribution in [-0.2, 0) is 9.59 Å². The minimum Gasteiger partial charge on any atom is -0.482 e. The fraction of sp³-hybridized carbons (Fsp3) is 0.211. The standard InChI is InChI=1S/C19H18Cl2N2O5/c1-2-16(28-17-8-5-13(20)9-15(17)21)19(26)23-22-10-12-3-6-14(7-4-12)27-11-18(24)25/h3-10,16H,2,11H2,1H3,(H,23,26)(H,24,25)/b22-10+. The number of rotatable bonds is 9. The van der Waals surface area contributed by atoms with E-state index in [-0.39, 0.29) is 0 Å². The van der Waals surface area contributed by atoms with Crippen molar-refractivity contribution in [3.63, 3.8) is 0 Å². The van der Waals surface area contributed by atoms with Crippen molar-refractivity contribution in [2.45, 2.75) is 19.4 Å². The van der Waals surface area contributed by atoms with Gasteiger partial charge >= 0.3 is 5.97 Å². The number of nitrogens with one attached hydrogen (secondary N) is 1. The lowest BCUT2D eigenvalue weighted by Crippen LogP contribution is -2.35. The molecule has 0 aliphatic heterocycles. The van der Waals surface area contributed by atoms with E-state index in [9.17, 15) is 9.59 Å². The number of hydrogen-bond acceptors (Lipinski definition) is 5. The van der Waals surface area contributed by atoms with Gasteiger partial charge in [-0.15, -0.1) is 0 Å². The second-order valence-electron chi connectivity index (χ2n) is 5.58. The second kappa shape index (κ2) is 10.5. The Balaban J connectivity index is 1.90. The van der Waals surface area contributed by atoms with Gasteiger partial charge in [0.15, 0.2) is 12.7 Å². The van der Waals surface area contributed by atoms with Crippen molar-refractivity contribution in [3.05, 3.63) is 58.1 Å². The average molecular weight is 425 g/mol. The molecular formula is C19H18Cl2N2O5. The minimum absolute atomic E-state index is 0.312. The first-order chi connectivity index (χ1) is 13.4. The third-order valence-electron chi connectivity index (χ3n) is 3.46. The Morgan fingerprint density at radius 3 is 2.54 bits per heavy atom. The van der Waals surface area contributed by atoms with E-state index in [1.807, 2.05) is 0 Å². The molecule has 1 amide bonds. The predicted octanol–water partition coefficient (Wildman–Crippen LogP) is 3.76. The number of hydrogen-bond donors (Lipinski definition) is 2. The van der Waals surface area contributed by atoms with E-state index in [1.165, 1.54) is 12.3 Å². The van der Waals surface area contributed by atoms with Gasteiger partial charge in [0.25, 0.3) is 5.91 Å². The molecule has 0 radical (unpaired) electrons. The lowest BCUT2D eigenvalue weighted by Gasteiger charge is -2.16. The summed E-state index contributed by atoms with van der Waals surface area (Å²) >= 11 is 11.9. The Morgan fingerprint density at radius 2 is 1.93 bits per heavy atom. The highest BCUT2D eigenvalue weighted by molar-refractivity contribution is 6.35. The molecule has 0 aliphatic carbocycles. The van der Waals surface area contributed by atoms with E-state index in [0.29, 0.717) is 33.5 Å².